The van der Waals surface area contributed by atoms with Gasteiger partial charge in [-0.25, -0.2) is 0 Å². The van der Waals surface area contributed by atoms with Crippen molar-refractivity contribution in [3.63, 3.8) is 0 Å². The Morgan fingerprint density at radius 3 is 1.97 bits per heavy atom. The summed E-state index contributed by atoms with van der Waals surface area (Å²) in [6.45, 7) is 0. The van der Waals surface area contributed by atoms with E-state index < -0.39 is 0 Å². The van der Waals surface area contributed by atoms with Gasteiger partial charge in [-0.3, -0.25) is 10.1 Å². The molecule has 4 heteroatoms. The molecular weight excluding hydrogens is 420 g/mol. The first-order chi connectivity index (χ1) is 16.7. The molecule has 0 saturated heterocycles. The first-order valence-electron chi connectivity index (χ1n) is 11.2. The van der Waals surface area contributed by atoms with Gasteiger partial charge < -0.3 is 4.40 Å². The fraction of sp³-hybridized carbons (Fsp3) is 0. The van der Waals surface area contributed by atoms with Crippen LogP contribution in [0.4, 0.5) is 5.69 Å². The molecule has 34 heavy (non-hydrogen) atoms. The molecule has 0 amide bonds. The summed E-state index contributed by atoms with van der Waals surface area (Å²) in [5, 5.41) is 18.8. The van der Waals surface area contributed by atoms with Crippen LogP contribution in [0.15, 0.2) is 109 Å². The number of fused-ring (bicyclic) bond motifs is 10. The molecule has 0 aliphatic carbocycles. The largest absolute Gasteiger partial charge is 0.309 e. The minimum absolute atomic E-state index is 0.119. The molecule has 0 saturated carbocycles. The van der Waals surface area contributed by atoms with Crippen molar-refractivity contribution < 1.29 is 4.92 Å². The van der Waals surface area contributed by atoms with Gasteiger partial charge in [0.25, 0.3) is 5.69 Å². The minimum atomic E-state index is -0.319. The first-order valence-corrected chi connectivity index (χ1v) is 11.2. The smallest absolute Gasteiger partial charge is 0.277 e. The zero-order valence-electron chi connectivity index (χ0n) is 18.1. The fourth-order valence-electron chi connectivity index (χ4n) is 5.38. The van der Waals surface area contributed by atoms with Crippen LogP contribution in [0, 0.1) is 10.1 Å². The van der Waals surface area contributed by atoms with Gasteiger partial charge in [0.1, 0.15) is 0 Å². The second-order valence-corrected chi connectivity index (χ2v) is 8.64. The molecule has 0 radical (unpaired) electrons. The Balaban J connectivity index is 1.62. The van der Waals surface area contributed by atoms with Crippen molar-refractivity contribution in [3.8, 4) is 11.1 Å². The number of benzene rings is 5. The number of nitro benzene ring substituents is 1. The zero-order valence-corrected chi connectivity index (χ0v) is 18.1. The molecule has 0 N–H and O–H groups in total. The number of hydrogen-bond donors (Lipinski definition) is 0. The quantitative estimate of drug-likeness (QED) is 0.155. The van der Waals surface area contributed by atoms with E-state index in [0.29, 0.717) is 5.56 Å². The third-order valence-electron chi connectivity index (χ3n) is 6.83. The molecule has 0 spiro atoms. The lowest BCUT2D eigenvalue weighted by Gasteiger charge is -2.13. The standard InChI is InChI=1S/C30H18N2O2/c33-32(34)29-12-6-5-7-22(29)19-13-16-28-20(17-19)18-21-14-15-27-25-10-2-1-8-23(25)24-9-3-4-11-26(24)30(27)31(21)28/h1-18H. The highest BCUT2D eigenvalue weighted by Crippen LogP contribution is 2.38. The molecule has 0 aliphatic rings. The van der Waals surface area contributed by atoms with Crippen molar-refractivity contribution in [2.45, 2.75) is 0 Å². The maximum atomic E-state index is 11.6. The molecule has 0 atom stereocenters. The molecule has 2 heterocycles. The highest BCUT2D eigenvalue weighted by atomic mass is 16.6. The third kappa shape index (κ3) is 2.54. The van der Waals surface area contributed by atoms with Crippen LogP contribution in [0.25, 0.3) is 60.0 Å². The second-order valence-electron chi connectivity index (χ2n) is 8.64. The van der Waals surface area contributed by atoms with Crippen molar-refractivity contribution in [2.75, 3.05) is 0 Å². The number of pyridine rings is 1. The summed E-state index contributed by atoms with van der Waals surface area (Å²) in [6.07, 6.45) is 0. The van der Waals surface area contributed by atoms with Gasteiger partial charge in [-0.15, -0.1) is 0 Å². The van der Waals surface area contributed by atoms with Crippen LogP contribution >= 0.6 is 0 Å². The Bertz CT molecular complexity index is 1910. The monoisotopic (exact) mass is 438 g/mol. The van der Waals surface area contributed by atoms with E-state index in [4.69, 9.17) is 0 Å². The summed E-state index contributed by atoms with van der Waals surface area (Å²) < 4.78 is 2.32. The minimum Gasteiger partial charge on any atom is -0.309 e. The maximum absolute atomic E-state index is 11.6. The zero-order chi connectivity index (χ0) is 22.8. The van der Waals surface area contributed by atoms with Crippen LogP contribution in [-0.4, -0.2) is 9.32 Å². The maximum Gasteiger partial charge on any atom is 0.277 e. The molecule has 7 rings (SSSR count). The van der Waals surface area contributed by atoms with Gasteiger partial charge in [-0.2, -0.15) is 0 Å². The average Bonchev–Trinajstić information content (AvgIpc) is 3.26. The predicted octanol–water partition coefficient (Wildman–Crippen LogP) is 8.13. The van der Waals surface area contributed by atoms with Gasteiger partial charge in [0.05, 0.1) is 21.5 Å². The predicted molar refractivity (Wildman–Crippen MR) is 140 cm³/mol. The van der Waals surface area contributed by atoms with E-state index in [0.717, 1.165) is 22.0 Å². The fourth-order valence-corrected chi connectivity index (χ4v) is 5.38. The van der Waals surface area contributed by atoms with E-state index in [1.165, 1.54) is 32.4 Å². The molecule has 5 aromatic carbocycles. The number of nitrogens with zero attached hydrogens (tertiary/aromatic N) is 2. The van der Waals surface area contributed by atoms with E-state index in [9.17, 15) is 10.1 Å². The van der Waals surface area contributed by atoms with Crippen molar-refractivity contribution in [1.82, 2.24) is 4.40 Å². The molecule has 2 aromatic heterocycles. The number of nitro groups is 1. The number of aromatic nitrogens is 1. The average molecular weight is 438 g/mol. The summed E-state index contributed by atoms with van der Waals surface area (Å²) in [6, 6.07) is 36.7. The summed E-state index contributed by atoms with van der Waals surface area (Å²) in [7, 11) is 0. The van der Waals surface area contributed by atoms with Crippen LogP contribution in [0.5, 0.6) is 0 Å². The second kappa shape index (κ2) is 6.90. The van der Waals surface area contributed by atoms with Crippen LogP contribution in [0.1, 0.15) is 0 Å². The van der Waals surface area contributed by atoms with E-state index in [-0.39, 0.29) is 10.6 Å². The SMILES string of the molecule is O=[N+]([O-])c1ccccc1-c1ccc2c(c1)cc1ccc3c4ccccc4c4ccccc4c3n12. The van der Waals surface area contributed by atoms with Crippen molar-refractivity contribution in [1.29, 1.82) is 0 Å². The number of rotatable bonds is 2. The summed E-state index contributed by atoms with van der Waals surface area (Å²) in [5.74, 6) is 0. The summed E-state index contributed by atoms with van der Waals surface area (Å²) in [4.78, 5) is 11.3. The first kappa shape index (κ1) is 18.8. The highest BCUT2D eigenvalue weighted by Gasteiger charge is 2.17. The molecule has 0 aliphatic heterocycles. The van der Waals surface area contributed by atoms with Crippen LogP contribution in [-0.2, 0) is 0 Å². The Morgan fingerprint density at radius 1 is 0.618 bits per heavy atom. The molecule has 0 bridgehead atoms. The Hall–Kier alpha value is -4.70. The van der Waals surface area contributed by atoms with Crippen LogP contribution in [0.2, 0.25) is 0 Å². The van der Waals surface area contributed by atoms with E-state index in [1.807, 2.05) is 18.2 Å². The Labute approximate surface area is 194 Å². The van der Waals surface area contributed by atoms with Crippen molar-refractivity contribution >= 4 is 54.6 Å². The van der Waals surface area contributed by atoms with E-state index in [2.05, 4.69) is 83.3 Å². The Morgan fingerprint density at radius 2 is 1.24 bits per heavy atom. The summed E-state index contributed by atoms with van der Waals surface area (Å²) in [5.41, 5.74) is 4.96. The third-order valence-corrected chi connectivity index (χ3v) is 6.83. The lowest BCUT2D eigenvalue weighted by Crippen LogP contribution is -1.92. The van der Waals surface area contributed by atoms with Crippen LogP contribution in [0.3, 0.4) is 0 Å². The highest BCUT2D eigenvalue weighted by molar-refractivity contribution is 6.25. The summed E-state index contributed by atoms with van der Waals surface area (Å²) >= 11 is 0. The molecule has 0 fully saturated rings. The molecule has 7 aromatic rings. The van der Waals surface area contributed by atoms with E-state index >= 15 is 0 Å². The van der Waals surface area contributed by atoms with Gasteiger partial charge in [0.15, 0.2) is 0 Å². The lowest BCUT2D eigenvalue weighted by molar-refractivity contribution is -0.384. The van der Waals surface area contributed by atoms with Gasteiger partial charge in [0.2, 0.25) is 0 Å². The van der Waals surface area contributed by atoms with Gasteiger partial charge >= 0.3 is 0 Å². The Kier molecular flexibility index (Phi) is 3.82. The molecule has 0 unspecified atom stereocenters. The van der Waals surface area contributed by atoms with Gasteiger partial charge in [-0.1, -0.05) is 72.8 Å². The van der Waals surface area contributed by atoms with Crippen molar-refractivity contribution in [3.05, 3.63) is 119 Å². The lowest BCUT2D eigenvalue weighted by atomic mass is 9.97. The van der Waals surface area contributed by atoms with Gasteiger partial charge in [0, 0.05) is 27.7 Å². The number of para-hydroxylation sites is 1. The van der Waals surface area contributed by atoms with Gasteiger partial charge in [-0.05, 0) is 52.1 Å². The molecule has 4 nitrogen and oxygen atoms in total. The normalized spacial score (nSPS) is 11.8. The topological polar surface area (TPSA) is 47.5 Å². The van der Waals surface area contributed by atoms with Crippen LogP contribution < -0.4 is 0 Å². The number of hydrogen-bond acceptors (Lipinski definition) is 2. The molecular formula is C30H18N2O2. The van der Waals surface area contributed by atoms with E-state index in [1.54, 1.807) is 12.1 Å². The molecule has 160 valence electrons. The van der Waals surface area contributed by atoms with Crippen molar-refractivity contribution in [2.24, 2.45) is 0 Å².